The number of amides is 2. The van der Waals surface area contributed by atoms with Gasteiger partial charge >= 0.3 is 6.03 Å². The molecule has 116 valence electrons. The third-order valence-electron chi connectivity index (χ3n) is 3.14. The van der Waals surface area contributed by atoms with Crippen molar-refractivity contribution in [3.63, 3.8) is 0 Å². The molecule has 0 bridgehead atoms. The largest absolute Gasteiger partial charge is 0.384 e. The van der Waals surface area contributed by atoms with E-state index in [1.54, 1.807) is 31.2 Å². The van der Waals surface area contributed by atoms with Crippen LogP contribution in [0.4, 0.5) is 14.9 Å². The number of nitrogens with one attached hydrogen (secondary N) is 2. The molecule has 2 rings (SSSR count). The van der Waals surface area contributed by atoms with E-state index in [1.807, 2.05) is 0 Å². The summed E-state index contributed by atoms with van der Waals surface area (Å²) in [7, 11) is 0. The summed E-state index contributed by atoms with van der Waals surface area (Å²) < 4.78 is 12.9. The number of halogens is 2. The van der Waals surface area contributed by atoms with E-state index < -0.39 is 11.6 Å². The Morgan fingerprint density at radius 1 is 1.27 bits per heavy atom. The Morgan fingerprint density at radius 2 is 1.95 bits per heavy atom. The van der Waals surface area contributed by atoms with Gasteiger partial charge in [-0.15, -0.1) is 0 Å². The highest BCUT2D eigenvalue weighted by Crippen LogP contribution is 2.20. The molecule has 22 heavy (non-hydrogen) atoms. The lowest BCUT2D eigenvalue weighted by Crippen LogP contribution is -2.40. The summed E-state index contributed by atoms with van der Waals surface area (Å²) in [5.41, 5.74) is -0.247. The van der Waals surface area contributed by atoms with Crippen LogP contribution in [0, 0.1) is 5.82 Å². The van der Waals surface area contributed by atoms with Gasteiger partial charge in [-0.25, -0.2) is 9.18 Å². The standard InChI is InChI=1S/C16H16ClFN2O2/c1-16(22,11-5-7-13(18)8-6-11)10-19-15(21)20-14-4-2-3-12(17)9-14/h2-9,22H,10H2,1H3,(H2,19,20,21). The highest BCUT2D eigenvalue weighted by atomic mass is 35.5. The van der Waals surface area contributed by atoms with Crippen LogP contribution in [0.15, 0.2) is 48.5 Å². The quantitative estimate of drug-likeness (QED) is 0.806. The molecule has 0 spiro atoms. The zero-order valence-electron chi connectivity index (χ0n) is 11.9. The van der Waals surface area contributed by atoms with Crippen LogP contribution >= 0.6 is 11.6 Å². The lowest BCUT2D eigenvalue weighted by atomic mass is 9.96. The molecule has 3 N–H and O–H groups in total. The first-order valence-electron chi connectivity index (χ1n) is 6.66. The van der Waals surface area contributed by atoms with Gasteiger partial charge in [-0.05, 0) is 42.8 Å². The van der Waals surface area contributed by atoms with Crippen LogP contribution < -0.4 is 10.6 Å². The first kappa shape index (κ1) is 16.3. The molecular weight excluding hydrogens is 307 g/mol. The summed E-state index contributed by atoms with van der Waals surface area (Å²) in [6, 6.07) is 11.7. The van der Waals surface area contributed by atoms with Crippen LogP contribution in [-0.4, -0.2) is 17.7 Å². The topological polar surface area (TPSA) is 61.4 Å². The second-order valence-corrected chi connectivity index (χ2v) is 5.54. The third-order valence-corrected chi connectivity index (χ3v) is 3.38. The second-order valence-electron chi connectivity index (χ2n) is 5.10. The van der Waals surface area contributed by atoms with Gasteiger partial charge in [0.05, 0.1) is 6.54 Å². The maximum Gasteiger partial charge on any atom is 0.319 e. The second kappa shape index (κ2) is 6.77. The Balaban J connectivity index is 1.93. The van der Waals surface area contributed by atoms with Crippen LogP contribution in [0.5, 0.6) is 0 Å². The Kier molecular flexibility index (Phi) is 5.00. The molecule has 0 heterocycles. The van der Waals surface area contributed by atoms with Crippen LogP contribution in [0.2, 0.25) is 5.02 Å². The zero-order valence-corrected chi connectivity index (χ0v) is 12.7. The zero-order chi connectivity index (χ0) is 16.2. The Morgan fingerprint density at radius 3 is 2.59 bits per heavy atom. The number of anilines is 1. The highest BCUT2D eigenvalue weighted by molar-refractivity contribution is 6.30. The summed E-state index contributed by atoms with van der Waals surface area (Å²) in [4.78, 5) is 11.8. The van der Waals surface area contributed by atoms with Gasteiger partial charge in [-0.2, -0.15) is 0 Å². The average Bonchev–Trinajstić information content (AvgIpc) is 2.46. The van der Waals surface area contributed by atoms with Crippen LogP contribution in [0.1, 0.15) is 12.5 Å². The van der Waals surface area contributed by atoms with E-state index >= 15 is 0 Å². The van der Waals surface area contributed by atoms with Gasteiger partial charge < -0.3 is 15.7 Å². The number of benzene rings is 2. The molecule has 4 nitrogen and oxygen atoms in total. The van der Waals surface area contributed by atoms with Gasteiger partial charge in [0.25, 0.3) is 0 Å². The molecule has 0 aromatic heterocycles. The molecular formula is C16H16ClFN2O2. The SMILES string of the molecule is CC(O)(CNC(=O)Nc1cccc(Cl)c1)c1ccc(F)cc1. The average molecular weight is 323 g/mol. The number of urea groups is 1. The molecule has 0 radical (unpaired) electrons. The fourth-order valence-corrected chi connectivity index (χ4v) is 2.10. The van der Waals surface area contributed by atoms with Gasteiger partial charge in [0, 0.05) is 10.7 Å². The molecule has 2 aromatic carbocycles. The van der Waals surface area contributed by atoms with E-state index in [0.29, 0.717) is 16.3 Å². The Bertz CT molecular complexity index is 659. The van der Waals surface area contributed by atoms with Crippen molar-refractivity contribution in [2.24, 2.45) is 0 Å². The molecule has 0 saturated heterocycles. The molecule has 0 aliphatic heterocycles. The van der Waals surface area contributed by atoms with Crippen molar-refractivity contribution in [1.29, 1.82) is 0 Å². The van der Waals surface area contributed by atoms with Crippen LogP contribution in [-0.2, 0) is 5.60 Å². The maximum atomic E-state index is 12.9. The van der Waals surface area contributed by atoms with E-state index in [-0.39, 0.29) is 12.4 Å². The van der Waals surface area contributed by atoms with Crippen molar-refractivity contribution in [3.8, 4) is 0 Å². The van der Waals surface area contributed by atoms with Crippen molar-refractivity contribution in [3.05, 3.63) is 64.9 Å². The molecule has 0 aliphatic carbocycles. The minimum atomic E-state index is -1.31. The van der Waals surface area contributed by atoms with Crippen LogP contribution in [0.3, 0.4) is 0 Å². The number of hydrogen-bond donors (Lipinski definition) is 3. The number of hydrogen-bond acceptors (Lipinski definition) is 2. The summed E-state index contributed by atoms with van der Waals surface area (Å²) in [5, 5.41) is 16.0. The summed E-state index contributed by atoms with van der Waals surface area (Å²) in [6.45, 7) is 1.52. The molecule has 0 fully saturated rings. The monoisotopic (exact) mass is 322 g/mol. The van der Waals surface area contributed by atoms with Gasteiger partial charge in [0.2, 0.25) is 0 Å². The van der Waals surface area contributed by atoms with Crippen molar-refractivity contribution >= 4 is 23.3 Å². The Hall–Kier alpha value is -2.11. The van der Waals surface area contributed by atoms with Crippen LogP contribution in [0.25, 0.3) is 0 Å². The molecule has 0 aliphatic rings. The summed E-state index contributed by atoms with van der Waals surface area (Å²) in [5.74, 6) is -0.383. The lowest BCUT2D eigenvalue weighted by Gasteiger charge is -2.24. The van der Waals surface area contributed by atoms with Crippen molar-refractivity contribution < 1.29 is 14.3 Å². The number of rotatable bonds is 4. The van der Waals surface area contributed by atoms with Crippen molar-refractivity contribution in [1.82, 2.24) is 5.32 Å². The van der Waals surface area contributed by atoms with Crippen molar-refractivity contribution in [2.75, 3.05) is 11.9 Å². The van der Waals surface area contributed by atoms with Gasteiger partial charge in [-0.1, -0.05) is 29.8 Å². The highest BCUT2D eigenvalue weighted by Gasteiger charge is 2.23. The van der Waals surface area contributed by atoms with E-state index in [0.717, 1.165) is 0 Å². The van der Waals surface area contributed by atoms with Crippen molar-refractivity contribution in [2.45, 2.75) is 12.5 Å². The van der Waals surface area contributed by atoms with E-state index in [4.69, 9.17) is 11.6 Å². The molecule has 6 heteroatoms. The van der Waals surface area contributed by atoms with Gasteiger partial charge in [-0.3, -0.25) is 0 Å². The summed E-state index contributed by atoms with van der Waals surface area (Å²) >= 11 is 5.83. The Labute approximate surface area is 132 Å². The normalized spacial score (nSPS) is 13.3. The lowest BCUT2D eigenvalue weighted by molar-refractivity contribution is 0.0599. The predicted molar refractivity (Wildman–Crippen MR) is 84.4 cm³/mol. The van der Waals surface area contributed by atoms with Gasteiger partial charge in [0.1, 0.15) is 11.4 Å². The van der Waals surface area contributed by atoms with E-state index in [9.17, 15) is 14.3 Å². The van der Waals surface area contributed by atoms with E-state index in [2.05, 4.69) is 10.6 Å². The van der Waals surface area contributed by atoms with E-state index in [1.165, 1.54) is 24.3 Å². The molecule has 2 amide bonds. The van der Waals surface area contributed by atoms with Gasteiger partial charge in [0.15, 0.2) is 0 Å². The first-order valence-corrected chi connectivity index (χ1v) is 7.03. The predicted octanol–water partition coefficient (Wildman–Crippen LogP) is 3.51. The molecule has 2 aromatic rings. The maximum absolute atomic E-state index is 12.9. The number of aliphatic hydroxyl groups is 1. The minimum absolute atomic E-state index is 0.0228. The number of carbonyl (C=O) groups excluding carboxylic acids is 1. The molecule has 1 unspecified atom stereocenters. The molecule has 0 saturated carbocycles. The first-order chi connectivity index (χ1) is 10.4. The third kappa shape index (κ3) is 4.44. The molecule has 1 atom stereocenters. The fourth-order valence-electron chi connectivity index (χ4n) is 1.90. The summed E-state index contributed by atoms with van der Waals surface area (Å²) in [6.07, 6.45) is 0. The smallest absolute Gasteiger partial charge is 0.319 e. The minimum Gasteiger partial charge on any atom is -0.384 e. The fraction of sp³-hybridized carbons (Fsp3) is 0.188. The number of carbonyl (C=O) groups is 1.